The zero-order chi connectivity index (χ0) is 18.9. The van der Waals surface area contributed by atoms with Crippen molar-refractivity contribution in [3.63, 3.8) is 0 Å². The maximum Gasteiger partial charge on any atom is 0.451 e. The highest BCUT2D eigenvalue weighted by Gasteiger charge is 2.36. The van der Waals surface area contributed by atoms with Crippen LogP contribution in [0.5, 0.6) is 0 Å². The van der Waals surface area contributed by atoms with E-state index in [-0.39, 0.29) is 11.3 Å². The number of benzene rings is 2. The SMILES string of the molecule is C/C(=N/N(C)c1nc(C(F)(F)F)nc2ccccc12)c1ccc(C)cc1. The monoisotopic (exact) mass is 358 g/mol. The molecule has 0 saturated carbocycles. The number of fused-ring (bicyclic) bond motifs is 1. The molecular weight excluding hydrogens is 341 g/mol. The first-order chi connectivity index (χ1) is 12.3. The summed E-state index contributed by atoms with van der Waals surface area (Å²) < 4.78 is 39.4. The van der Waals surface area contributed by atoms with E-state index in [9.17, 15) is 13.2 Å². The highest BCUT2D eigenvalue weighted by atomic mass is 19.4. The third-order valence-electron chi connectivity index (χ3n) is 3.91. The zero-order valence-electron chi connectivity index (χ0n) is 14.5. The predicted octanol–water partition coefficient (Wildman–Crippen LogP) is 4.82. The molecule has 0 aliphatic carbocycles. The molecule has 0 spiro atoms. The van der Waals surface area contributed by atoms with Gasteiger partial charge in [-0.25, -0.2) is 9.97 Å². The molecule has 2 aromatic carbocycles. The molecule has 26 heavy (non-hydrogen) atoms. The van der Waals surface area contributed by atoms with Crippen molar-refractivity contribution in [2.45, 2.75) is 20.0 Å². The van der Waals surface area contributed by atoms with E-state index < -0.39 is 12.0 Å². The average Bonchev–Trinajstić information content (AvgIpc) is 2.60. The number of rotatable bonds is 3. The molecule has 3 aromatic rings. The van der Waals surface area contributed by atoms with Gasteiger partial charge in [0.2, 0.25) is 5.82 Å². The summed E-state index contributed by atoms with van der Waals surface area (Å²) in [6, 6.07) is 14.3. The summed E-state index contributed by atoms with van der Waals surface area (Å²) in [6.45, 7) is 3.78. The van der Waals surface area contributed by atoms with Gasteiger partial charge in [0.1, 0.15) is 0 Å². The zero-order valence-corrected chi connectivity index (χ0v) is 14.5. The Balaban J connectivity index is 2.08. The van der Waals surface area contributed by atoms with Crippen LogP contribution in [-0.2, 0) is 6.18 Å². The summed E-state index contributed by atoms with van der Waals surface area (Å²) in [7, 11) is 1.58. The minimum absolute atomic E-state index is 0.106. The number of nitrogens with zero attached hydrogens (tertiary/aromatic N) is 4. The lowest BCUT2D eigenvalue weighted by atomic mass is 10.1. The predicted molar refractivity (Wildman–Crippen MR) is 96.3 cm³/mol. The van der Waals surface area contributed by atoms with Gasteiger partial charge in [0.25, 0.3) is 0 Å². The van der Waals surface area contributed by atoms with Gasteiger partial charge in [0, 0.05) is 12.4 Å². The van der Waals surface area contributed by atoms with Crippen molar-refractivity contribution in [2.24, 2.45) is 5.10 Å². The molecule has 0 bridgehead atoms. The van der Waals surface area contributed by atoms with Crippen molar-refractivity contribution in [2.75, 3.05) is 12.1 Å². The van der Waals surface area contributed by atoms with Gasteiger partial charge in [0.15, 0.2) is 5.82 Å². The first kappa shape index (κ1) is 17.8. The van der Waals surface area contributed by atoms with E-state index in [1.54, 1.807) is 32.2 Å². The average molecular weight is 358 g/mol. The Morgan fingerprint density at radius 3 is 2.31 bits per heavy atom. The second-order valence-corrected chi connectivity index (χ2v) is 5.96. The van der Waals surface area contributed by atoms with Crippen LogP contribution < -0.4 is 5.01 Å². The van der Waals surface area contributed by atoms with Crippen LogP contribution in [0.1, 0.15) is 23.9 Å². The molecule has 1 aromatic heterocycles. The third-order valence-corrected chi connectivity index (χ3v) is 3.91. The quantitative estimate of drug-likeness (QED) is 0.498. The van der Waals surface area contributed by atoms with Crippen molar-refractivity contribution >= 4 is 22.4 Å². The second-order valence-electron chi connectivity index (χ2n) is 5.96. The van der Waals surface area contributed by atoms with Gasteiger partial charge < -0.3 is 0 Å². The molecule has 7 heteroatoms. The number of alkyl halides is 3. The van der Waals surface area contributed by atoms with Crippen LogP contribution in [-0.4, -0.2) is 22.7 Å². The topological polar surface area (TPSA) is 41.4 Å². The van der Waals surface area contributed by atoms with Crippen LogP contribution in [0.25, 0.3) is 10.9 Å². The Bertz CT molecular complexity index is 963. The number of halogens is 3. The van der Waals surface area contributed by atoms with Crippen molar-refractivity contribution in [1.82, 2.24) is 9.97 Å². The van der Waals surface area contributed by atoms with Gasteiger partial charge in [-0.15, -0.1) is 0 Å². The number of hydrazone groups is 1. The summed E-state index contributed by atoms with van der Waals surface area (Å²) in [5.74, 6) is -1.07. The van der Waals surface area contributed by atoms with E-state index >= 15 is 0 Å². The summed E-state index contributed by atoms with van der Waals surface area (Å²) in [4.78, 5) is 7.34. The van der Waals surface area contributed by atoms with E-state index in [1.165, 1.54) is 11.1 Å². The van der Waals surface area contributed by atoms with E-state index in [2.05, 4.69) is 15.1 Å². The van der Waals surface area contributed by atoms with Crippen LogP contribution in [0.2, 0.25) is 0 Å². The van der Waals surface area contributed by atoms with Crippen molar-refractivity contribution in [3.05, 3.63) is 65.5 Å². The minimum Gasteiger partial charge on any atom is -0.250 e. The number of anilines is 1. The molecule has 0 unspecified atom stereocenters. The van der Waals surface area contributed by atoms with Crippen LogP contribution >= 0.6 is 0 Å². The van der Waals surface area contributed by atoms with Crippen LogP contribution in [0.3, 0.4) is 0 Å². The lowest BCUT2D eigenvalue weighted by molar-refractivity contribution is -0.144. The molecule has 0 aliphatic rings. The molecule has 1 heterocycles. The summed E-state index contributed by atoms with van der Waals surface area (Å²) in [6.07, 6.45) is -4.63. The molecule has 0 amide bonds. The Morgan fingerprint density at radius 1 is 1.00 bits per heavy atom. The first-order valence-corrected chi connectivity index (χ1v) is 7.95. The number of aromatic nitrogens is 2. The summed E-state index contributed by atoms with van der Waals surface area (Å²) >= 11 is 0. The number of aryl methyl sites for hydroxylation is 1. The number of hydrogen-bond acceptors (Lipinski definition) is 4. The molecule has 3 rings (SSSR count). The maximum absolute atomic E-state index is 13.1. The fraction of sp³-hybridized carbons (Fsp3) is 0.211. The van der Waals surface area contributed by atoms with Crippen LogP contribution in [0.4, 0.5) is 19.0 Å². The molecule has 0 fully saturated rings. The Kier molecular flexibility index (Phi) is 4.63. The molecule has 0 aliphatic heterocycles. The Labute approximate surface area is 149 Å². The molecule has 0 atom stereocenters. The molecule has 134 valence electrons. The van der Waals surface area contributed by atoms with Gasteiger partial charge in [-0.05, 0) is 31.5 Å². The highest BCUT2D eigenvalue weighted by Crippen LogP contribution is 2.31. The van der Waals surface area contributed by atoms with Gasteiger partial charge in [0.05, 0.1) is 11.2 Å². The van der Waals surface area contributed by atoms with Gasteiger partial charge in [-0.3, -0.25) is 5.01 Å². The van der Waals surface area contributed by atoms with Crippen molar-refractivity contribution in [1.29, 1.82) is 0 Å². The van der Waals surface area contributed by atoms with Crippen molar-refractivity contribution in [3.8, 4) is 0 Å². The smallest absolute Gasteiger partial charge is 0.250 e. The summed E-state index contributed by atoms with van der Waals surface area (Å²) in [5.41, 5.74) is 2.90. The standard InChI is InChI=1S/C19H17F3N4/c1-12-8-10-14(11-9-12)13(2)25-26(3)17-15-6-4-5-7-16(15)23-18(24-17)19(20,21)22/h4-11H,1-3H3/b25-13-. The molecule has 0 N–H and O–H groups in total. The first-order valence-electron chi connectivity index (χ1n) is 7.95. The van der Waals surface area contributed by atoms with Gasteiger partial charge in [-0.1, -0.05) is 42.0 Å². The van der Waals surface area contributed by atoms with Crippen molar-refractivity contribution < 1.29 is 13.2 Å². The Hall–Kier alpha value is -2.96. The van der Waals surface area contributed by atoms with E-state index in [0.29, 0.717) is 11.1 Å². The largest absolute Gasteiger partial charge is 0.451 e. The van der Waals surface area contributed by atoms with Crippen LogP contribution in [0, 0.1) is 6.92 Å². The van der Waals surface area contributed by atoms with E-state index in [1.807, 2.05) is 31.2 Å². The maximum atomic E-state index is 13.1. The summed E-state index contributed by atoms with van der Waals surface area (Å²) in [5, 5.41) is 6.27. The van der Waals surface area contributed by atoms with E-state index in [0.717, 1.165) is 11.1 Å². The number of para-hydroxylation sites is 1. The van der Waals surface area contributed by atoms with Crippen LogP contribution in [0.15, 0.2) is 53.6 Å². The third kappa shape index (κ3) is 3.66. The van der Waals surface area contributed by atoms with Gasteiger partial charge >= 0.3 is 6.18 Å². The highest BCUT2D eigenvalue weighted by molar-refractivity contribution is 5.99. The lowest BCUT2D eigenvalue weighted by Crippen LogP contribution is -2.18. The Morgan fingerprint density at radius 2 is 1.65 bits per heavy atom. The fourth-order valence-corrected chi connectivity index (χ4v) is 2.56. The lowest BCUT2D eigenvalue weighted by Gasteiger charge is -2.17. The molecular formula is C19H17F3N4. The fourth-order valence-electron chi connectivity index (χ4n) is 2.56. The van der Waals surface area contributed by atoms with E-state index in [4.69, 9.17) is 0 Å². The minimum atomic E-state index is -4.63. The van der Waals surface area contributed by atoms with Gasteiger partial charge in [-0.2, -0.15) is 18.3 Å². The molecule has 4 nitrogen and oxygen atoms in total. The molecule has 0 radical (unpaired) electrons. The number of hydrogen-bond donors (Lipinski definition) is 0. The second kappa shape index (κ2) is 6.74. The normalized spacial score (nSPS) is 12.5. The molecule has 0 saturated heterocycles.